The highest BCUT2D eigenvalue weighted by atomic mass is 16.5. The van der Waals surface area contributed by atoms with E-state index >= 15 is 0 Å². The average Bonchev–Trinajstić information content (AvgIpc) is 2.39. The van der Waals surface area contributed by atoms with Gasteiger partial charge in [0.25, 0.3) is 0 Å². The Morgan fingerprint density at radius 2 is 2.06 bits per heavy atom. The summed E-state index contributed by atoms with van der Waals surface area (Å²) in [7, 11) is 1.60. The molecular weight excluding hydrogens is 230 g/mol. The fraction of sp³-hybridized carbons (Fsp3) is 0.385. The predicted molar refractivity (Wildman–Crippen MR) is 68.0 cm³/mol. The molecule has 5 heteroatoms. The van der Waals surface area contributed by atoms with Gasteiger partial charge >= 0.3 is 0 Å². The van der Waals surface area contributed by atoms with Crippen LogP contribution in [0, 0.1) is 11.3 Å². The molecule has 0 aromatic heterocycles. The molecule has 0 bridgehead atoms. The van der Waals surface area contributed by atoms with Crippen molar-refractivity contribution in [2.75, 3.05) is 20.2 Å². The summed E-state index contributed by atoms with van der Waals surface area (Å²) in [5.74, 6) is 0.684. The van der Waals surface area contributed by atoms with Crippen LogP contribution in [-0.2, 0) is 4.79 Å². The molecule has 1 unspecified atom stereocenters. The van der Waals surface area contributed by atoms with Gasteiger partial charge in [0.15, 0.2) is 0 Å². The molecule has 2 N–H and O–H groups in total. The number of hydrogen-bond donors (Lipinski definition) is 2. The van der Waals surface area contributed by atoms with Crippen molar-refractivity contribution < 1.29 is 9.53 Å². The van der Waals surface area contributed by atoms with Crippen LogP contribution in [0.5, 0.6) is 5.75 Å². The van der Waals surface area contributed by atoms with Crippen LogP contribution in [0.1, 0.15) is 18.5 Å². The summed E-state index contributed by atoms with van der Waals surface area (Å²) >= 11 is 0. The van der Waals surface area contributed by atoms with Crippen molar-refractivity contribution in [1.29, 1.82) is 5.26 Å². The number of benzene rings is 1. The zero-order valence-corrected chi connectivity index (χ0v) is 10.6. The van der Waals surface area contributed by atoms with E-state index in [1.165, 1.54) is 6.92 Å². The summed E-state index contributed by atoms with van der Waals surface area (Å²) in [4.78, 5) is 10.7. The van der Waals surface area contributed by atoms with E-state index in [-0.39, 0.29) is 11.9 Å². The number of carbonyl (C=O) groups is 1. The standard InChI is InChI=1S/C13H17N3O2/c1-10(17)15-7-8-16-13(9-14)11-3-5-12(18-2)6-4-11/h3-6,13,16H,7-8H2,1-2H3,(H,15,17). The molecule has 0 radical (unpaired) electrons. The molecule has 1 aromatic carbocycles. The molecule has 1 amide bonds. The highest BCUT2D eigenvalue weighted by Gasteiger charge is 2.09. The Labute approximate surface area is 107 Å². The first kappa shape index (κ1) is 14.0. The number of ether oxygens (including phenoxy) is 1. The van der Waals surface area contributed by atoms with E-state index in [2.05, 4.69) is 16.7 Å². The molecule has 5 nitrogen and oxygen atoms in total. The third kappa shape index (κ3) is 4.44. The van der Waals surface area contributed by atoms with E-state index < -0.39 is 0 Å². The number of nitriles is 1. The molecule has 1 rings (SSSR count). The first-order valence-electron chi connectivity index (χ1n) is 5.68. The minimum Gasteiger partial charge on any atom is -0.497 e. The number of methoxy groups -OCH3 is 1. The van der Waals surface area contributed by atoms with Crippen LogP contribution < -0.4 is 15.4 Å². The Balaban J connectivity index is 2.50. The number of hydrogen-bond acceptors (Lipinski definition) is 4. The monoisotopic (exact) mass is 247 g/mol. The van der Waals surface area contributed by atoms with E-state index in [1.54, 1.807) is 7.11 Å². The van der Waals surface area contributed by atoms with Crippen LogP contribution in [0.4, 0.5) is 0 Å². The fourth-order valence-corrected chi connectivity index (χ4v) is 1.49. The van der Waals surface area contributed by atoms with E-state index in [4.69, 9.17) is 10.00 Å². The molecule has 96 valence electrons. The average molecular weight is 247 g/mol. The second kappa shape index (κ2) is 7.30. The van der Waals surface area contributed by atoms with Crippen LogP contribution in [0.15, 0.2) is 24.3 Å². The van der Waals surface area contributed by atoms with Crippen molar-refractivity contribution in [1.82, 2.24) is 10.6 Å². The smallest absolute Gasteiger partial charge is 0.216 e. The number of rotatable bonds is 6. The molecule has 0 saturated carbocycles. The van der Waals surface area contributed by atoms with Crippen LogP contribution in [0.2, 0.25) is 0 Å². The second-order valence-corrected chi connectivity index (χ2v) is 3.77. The van der Waals surface area contributed by atoms with Crippen molar-refractivity contribution in [3.05, 3.63) is 29.8 Å². The maximum Gasteiger partial charge on any atom is 0.216 e. The van der Waals surface area contributed by atoms with Crippen LogP contribution in [0.25, 0.3) is 0 Å². The Morgan fingerprint density at radius 1 is 1.39 bits per heavy atom. The van der Waals surface area contributed by atoms with Gasteiger partial charge in [0.1, 0.15) is 11.8 Å². The number of carbonyl (C=O) groups excluding carboxylic acids is 1. The molecule has 0 spiro atoms. The molecule has 0 aliphatic heterocycles. The van der Waals surface area contributed by atoms with Crippen molar-refractivity contribution in [2.24, 2.45) is 0 Å². The molecule has 0 heterocycles. The fourth-order valence-electron chi connectivity index (χ4n) is 1.49. The van der Waals surface area contributed by atoms with Crippen LogP contribution in [-0.4, -0.2) is 26.1 Å². The van der Waals surface area contributed by atoms with E-state index in [0.29, 0.717) is 13.1 Å². The summed E-state index contributed by atoms with van der Waals surface area (Å²) in [5.41, 5.74) is 0.876. The first-order valence-corrected chi connectivity index (χ1v) is 5.68. The molecule has 0 aliphatic carbocycles. The Hall–Kier alpha value is -2.06. The molecule has 1 aromatic rings. The number of nitrogens with one attached hydrogen (secondary N) is 2. The van der Waals surface area contributed by atoms with Gasteiger partial charge in [-0.15, -0.1) is 0 Å². The Bertz CT molecular complexity index is 423. The summed E-state index contributed by atoms with van der Waals surface area (Å²) < 4.78 is 5.06. The molecule has 0 fully saturated rings. The van der Waals surface area contributed by atoms with Crippen molar-refractivity contribution in [2.45, 2.75) is 13.0 Å². The zero-order chi connectivity index (χ0) is 13.4. The highest BCUT2D eigenvalue weighted by molar-refractivity contribution is 5.72. The van der Waals surface area contributed by atoms with Crippen molar-refractivity contribution >= 4 is 5.91 Å². The highest BCUT2D eigenvalue weighted by Crippen LogP contribution is 2.16. The normalized spacial score (nSPS) is 11.4. The SMILES string of the molecule is COc1ccc(C(C#N)NCCNC(C)=O)cc1. The topological polar surface area (TPSA) is 74.2 Å². The van der Waals surface area contributed by atoms with E-state index in [1.807, 2.05) is 24.3 Å². The summed E-state index contributed by atoms with van der Waals surface area (Å²) in [6.07, 6.45) is 0. The largest absolute Gasteiger partial charge is 0.497 e. The Morgan fingerprint density at radius 3 is 2.56 bits per heavy atom. The quantitative estimate of drug-likeness (QED) is 0.735. The molecule has 1 atom stereocenters. The Kier molecular flexibility index (Phi) is 5.68. The summed E-state index contributed by atoms with van der Waals surface area (Å²) in [6.45, 7) is 2.51. The molecule has 18 heavy (non-hydrogen) atoms. The molecule has 0 aliphatic rings. The van der Waals surface area contributed by atoms with Gasteiger partial charge in [0.05, 0.1) is 13.2 Å². The first-order chi connectivity index (χ1) is 8.67. The van der Waals surface area contributed by atoms with Crippen molar-refractivity contribution in [3.8, 4) is 11.8 Å². The number of nitrogens with zero attached hydrogens (tertiary/aromatic N) is 1. The van der Waals surface area contributed by atoms with E-state index in [9.17, 15) is 4.79 Å². The van der Waals surface area contributed by atoms with Gasteiger partial charge in [0.2, 0.25) is 5.91 Å². The van der Waals surface area contributed by atoms with Gasteiger partial charge in [0, 0.05) is 20.0 Å². The van der Waals surface area contributed by atoms with Gasteiger partial charge in [-0.1, -0.05) is 12.1 Å². The maximum absolute atomic E-state index is 10.7. The predicted octanol–water partition coefficient (Wildman–Crippen LogP) is 0.986. The second-order valence-electron chi connectivity index (χ2n) is 3.77. The van der Waals surface area contributed by atoms with Gasteiger partial charge < -0.3 is 10.1 Å². The minimum absolute atomic E-state index is 0.0743. The van der Waals surface area contributed by atoms with Crippen LogP contribution >= 0.6 is 0 Å². The third-order valence-electron chi connectivity index (χ3n) is 2.43. The molecular formula is C13H17N3O2. The van der Waals surface area contributed by atoms with Gasteiger partial charge in [-0.25, -0.2) is 0 Å². The lowest BCUT2D eigenvalue weighted by Crippen LogP contribution is -2.32. The lowest BCUT2D eigenvalue weighted by molar-refractivity contribution is -0.118. The van der Waals surface area contributed by atoms with Gasteiger partial charge in [-0.3, -0.25) is 10.1 Å². The minimum atomic E-state index is -0.385. The van der Waals surface area contributed by atoms with E-state index in [0.717, 1.165) is 11.3 Å². The summed E-state index contributed by atoms with van der Waals surface area (Å²) in [6, 6.07) is 9.11. The van der Waals surface area contributed by atoms with Crippen LogP contribution in [0.3, 0.4) is 0 Å². The lowest BCUT2D eigenvalue weighted by Gasteiger charge is -2.12. The summed E-state index contributed by atoms with van der Waals surface area (Å²) in [5, 5.41) is 14.8. The zero-order valence-electron chi connectivity index (χ0n) is 10.6. The van der Waals surface area contributed by atoms with Crippen molar-refractivity contribution in [3.63, 3.8) is 0 Å². The van der Waals surface area contributed by atoms with Gasteiger partial charge in [-0.2, -0.15) is 5.26 Å². The third-order valence-corrected chi connectivity index (χ3v) is 2.43. The maximum atomic E-state index is 10.7. The number of amides is 1. The molecule has 0 saturated heterocycles. The van der Waals surface area contributed by atoms with Gasteiger partial charge in [-0.05, 0) is 17.7 Å². The lowest BCUT2D eigenvalue weighted by atomic mass is 10.1.